The van der Waals surface area contributed by atoms with Gasteiger partial charge in [0.25, 0.3) is 5.91 Å². The molecular formula is C20H21N3O3. The van der Waals surface area contributed by atoms with Crippen LogP contribution in [-0.4, -0.2) is 39.0 Å². The lowest BCUT2D eigenvalue weighted by molar-refractivity contribution is 0.00596. The zero-order valence-corrected chi connectivity index (χ0v) is 15.5. The second kappa shape index (κ2) is 6.03. The van der Waals surface area contributed by atoms with Crippen LogP contribution in [0.15, 0.2) is 24.5 Å². The third-order valence-corrected chi connectivity index (χ3v) is 4.35. The first-order valence-electron chi connectivity index (χ1n) is 8.33. The highest BCUT2D eigenvalue weighted by Crippen LogP contribution is 2.33. The predicted octanol–water partition coefficient (Wildman–Crippen LogP) is 2.96. The Kier molecular flexibility index (Phi) is 4.11. The van der Waals surface area contributed by atoms with Gasteiger partial charge in [-0.25, -0.2) is 9.78 Å². The van der Waals surface area contributed by atoms with Gasteiger partial charge >= 0.3 is 5.97 Å². The molecule has 1 aliphatic rings. The molecule has 0 aliphatic carbocycles. The van der Waals surface area contributed by atoms with Crippen LogP contribution in [0.1, 0.15) is 65.8 Å². The molecule has 1 aromatic carbocycles. The van der Waals surface area contributed by atoms with Crippen LogP contribution >= 0.6 is 0 Å². The summed E-state index contributed by atoms with van der Waals surface area (Å²) in [5.74, 6) is 1.87. The van der Waals surface area contributed by atoms with Gasteiger partial charge in [-0.15, -0.1) is 6.42 Å². The van der Waals surface area contributed by atoms with E-state index in [1.54, 1.807) is 61.8 Å². The molecule has 1 aliphatic heterocycles. The number of carbonyl (C=O) groups is 2. The van der Waals surface area contributed by atoms with E-state index in [1.165, 1.54) is 0 Å². The summed E-state index contributed by atoms with van der Waals surface area (Å²) in [7, 11) is 1.70. The van der Waals surface area contributed by atoms with Gasteiger partial charge < -0.3 is 9.64 Å². The molecule has 1 aromatic heterocycles. The van der Waals surface area contributed by atoms with Crippen LogP contribution in [-0.2, 0) is 4.74 Å². The fourth-order valence-corrected chi connectivity index (χ4v) is 2.99. The number of imidazole rings is 1. The van der Waals surface area contributed by atoms with Crippen molar-refractivity contribution in [2.45, 2.75) is 39.3 Å². The number of ether oxygens (including phenoxy) is 1. The lowest BCUT2D eigenvalue weighted by atomic mass is 10.1. The zero-order chi connectivity index (χ0) is 19.2. The van der Waals surface area contributed by atoms with Gasteiger partial charge in [0.1, 0.15) is 11.9 Å². The number of hydrogen-bond acceptors (Lipinski definition) is 4. The summed E-state index contributed by atoms with van der Waals surface area (Å²) in [6, 6.07) is 4.86. The van der Waals surface area contributed by atoms with Gasteiger partial charge in [0, 0.05) is 12.6 Å². The maximum atomic E-state index is 12.9. The predicted molar refractivity (Wildman–Crippen MR) is 97.2 cm³/mol. The number of aromatic nitrogens is 2. The van der Waals surface area contributed by atoms with E-state index >= 15 is 0 Å². The number of fused-ring (bicyclic) bond motifs is 3. The Balaban J connectivity index is 2.21. The minimum atomic E-state index is -0.636. The smallest absolute Gasteiger partial charge is 0.359 e. The van der Waals surface area contributed by atoms with Crippen molar-refractivity contribution in [3.05, 3.63) is 47.0 Å². The number of nitrogens with zero attached hydrogens (tertiary/aromatic N) is 3. The topological polar surface area (TPSA) is 64.4 Å². The Hall–Kier alpha value is -3.07. The molecule has 6 nitrogen and oxygen atoms in total. The molecule has 1 amide bonds. The van der Waals surface area contributed by atoms with Crippen LogP contribution < -0.4 is 0 Å². The Morgan fingerprint density at radius 2 is 2.04 bits per heavy atom. The lowest BCUT2D eigenvalue weighted by Gasteiger charge is -2.24. The molecule has 6 heteroatoms. The van der Waals surface area contributed by atoms with Crippen molar-refractivity contribution >= 4 is 11.9 Å². The zero-order valence-electron chi connectivity index (χ0n) is 15.5. The van der Waals surface area contributed by atoms with Crippen LogP contribution in [0.5, 0.6) is 0 Å². The highest BCUT2D eigenvalue weighted by atomic mass is 16.6. The summed E-state index contributed by atoms with van der Waals surface area (Å²) in [5, 5.41) is 0. The Morgan fingerprint density at radius 1 is 1.35 bits per heavy atom. The molecule has 2 heterocycles. The van der Waals surface area contributed by atoms with E-state index in [2.05, 4.69) is 10.9 Å². The number of benzene rings is 1. The molecule has 26 heavy (non-hydrogen) atoms. The second-order valence-corrected chi connectivity index (χ2v) is 7.32. The number of carbonyl (C=O) groups excluding carboxylic acids is 2. The first-order chi connectivity index (χ1) is 12.1. The normalized spacial score (nSPS) is 16.4. The van der Waals surface area contributed by atoms with E-state index < -0.39 is 11.6 Å². The lowest BCUT2D eigenvalue weighted by Crippen LogP contribution is -2.30. The van der Waals surface area contributed by atoms with Gasteiger partial charge in [-0.1, -0.05) is 5.92 Å². The largest absolute Gasteiger partial charge is 0.455 e. The van der Waals surface area contributed by atoms with Crippen LogP contribution in [0.4, 0.5) is 0 Å². The monoisotopic (exact) mass is 351 g/mol. The average Bonchev–Trinajstić information content (AvgIpc) is 2.99. The second-order valence-electron chi connectivity index (χ2n) is 7.32. The quantitative estimate of drug-likeness (QED) is 0.585. The highest BCUT2D eigenvalue weighted by Gasteiger charge is 2.34. The Bertz CT molecular complexity index is 944. The molecule has 0 radical (unpaired) electrons. The molecule has 0 bridgehead atoms. The Labute approximate surface area is 152 Å². The van der Waals surface area contributed by atoms with Crippen molar-refractivity contribution in [2.24, 2.45) is 0 Å². The molecule has 0 N–H and O–H groups in total. The minimum absolute atomic E-state index is 0.163. The maximum Gasteiger partial charge on any atom is 0.359 e. The summed E-state index contributed by atoms with van der Waals surface area (Å²) in [6.45, 7) is 7.26. The average molecular weight is 351 g/mol. The third kappa shape index (κ3) is 2.86. The van der Waals surface area contributed by atoms with Gasteiger partial charge in [0.15, 0.2) is 5.69 Å². The summed E-state index contributed by atoms with van der Waals surface area (Å²) < 4.78 is 7.24. The van der Waals surface area contributed by atoms with Crippen LogP contribution in [0.2, 0.25) is 0 Å². The van der Waals surface area contributed by atoms with Crippen molar-refractivity contribution in [2.75, 3.05) is 7.05 Å². The molecule has 1 unspecified atom stereocenters. The van der Waals surface area contributed by atoms with E-state index in [4.69, 9.17) is 11.2 Å². The molecule has 0 spiro atoms. The van der Waals surface area contributed by atoms with Crippen molar-refractivity contribution in [3.8, 4) is 18.0 Å². The van der Waals surface area contributed by atoms with Crippen molar-refractivity contribution in [1.82, 2.24) is 14.5 Å². The Morgan fingerprint density at radius 3 is 2.65 bits per heavy atom. The molecule has 0 saturated heterocycles. The fraction of sp³-hybridized carbons (Fsp3) is 0.350. The fourth-order valence-electron chi connectivity index (χ4n) is 2.99. The van der Waals surface area contributed by atoms with Crippen molar-refractivity contribution < 1.29 is 14.3 Å². The van der Waals surface area contributed by atoms with Crippen LogP contribution in [0.3, 0.4) is 0 Å². The standard InChI is InChI=1S/C20H21N3O3/c1-7-13-8-9-15-14(10-13)18(24)22(6)12(2)17-16(21-11-23(15)17)19(25)26-20(3,4)5/h1,8-12H,2-6H3. The molecular weight excluding hydrogens is 330 g/mol. The number of rotatable bonds is 1. The number of hydrogen-bond donors (Lipinski definition) is 0. The summed E-state index contributed by atoms with van der Waals surface area (Å²) in [6.07, 6.45) is 7.02. The maximum absolute atomic E-state index is 12.9. The first kappa shape index (κ1) is 17.7. The van der Waals surface area contributed by atoms with E-state index in [0.717, 1.165) is 0 Å². The highest BCUT2D eigenvalue weighted by molar-refractivity contribution is 5.99. The van der Waals surface area contributed by atoms with Crippen LogP contribution in [0, 0.1) is 12.3 Å². The number of terminal acetylenes is 1. The van der Waals surface area contributed by atoms with E-state index in [-0.39, 0.29) is 17.6 Å². The molecule has 134 valence electrons. The van der Waals surface area contributed by atoms with Gasteiger partial charge in [-0.3, -0.25) is 9.36 Å². The molecule has 3 rings (SSSR count). The van der Waals surface area contributed by atoms with Gasteiger partial charge in [-0.05, 0) is 45.9 Å². The summed E-state index contributed by atoms with van der Waals surface area (Å²) >= 11 is 0. The third-order valence-electron chi connectivity index (χ3n) is 4.35. The van der Waals surface area contributed by atoms with Crippen molar-refractivity contribution in [1.29, 1.82) is 0 Å². The number of esters is 1. The first-order valence-corrected chi connectivity index (χ1v) is 8.33. The number of amides is 1. The molecule has 0 saturated carbocycles. The molecule has 1 atom stereocenters. The van der Waals surface area contributed by atoms with E-state index in [9.17, 15) is 9.59 Å². The van der Waals surface area contributed by atoms with Gasteiger partial charge in [-0.2, -0.15) is 0 Å². The van der Waals surface area contributed by atoms with E-state index in [1.807, 2.05) is 6.92 Å². The summed E-state index contributed by atoms with van der Waals surface area (Å²) in [5.41, 5.74) is 1.92. The van der Waals surface area contributed by atoms with Crippen molar-refractivity contribution in [3.63, 3.8) is 0 Å². The molecule has 2 aromatic rings. The van der Waals surface area contributed by atoms with Gasteiger partial charge in [0.05, 0.1) is 23.0 Å². The SMILES string of the molecule is C#Cc1ccc2c(c1)C(=O)N(C)C(C)c1c(C(=O)OC(C)(C)C)ncn1-2. The van der Waals surface area contributed by atoms with E-state index in [0.29, 0.717) is 22.5 Å². The van der Waals surface area contributed by atoms with Gasteiger partial charge in [0.2, 0.25) is 0 Å². The minimum Gasteiger partial charge on any atom is -0.455 e. The summed E-state index contributed by atoms with van der Waals surface area (Å²) in [4.78, 5) is 31.4. The van der Waals surface area contributed by atoms with Crippen LogP contribution in [0.25, 0.3) is 5.69 Å². The molecule has 0 fully saturated rings.